The number of nitro benzene ring substituents is 1. The van der Waals surface area contributed by atoms with Gasteiger partial charge < -0.3 is 10.6 Å². The number of hydrogen-bond acceptors (Lipinski definition) is 4. The lowest BCUT2D eigenvalue weighted by atomic mass is 9.97. The minimum Gasteiger partial charge on any atom is -0.354 e. The number of halogens is 1. The second-order valence-electron chi connectivity index (χ2n) is 7.27. The monoisotopic (exact) mass is 407 g/mol. The molecule has 8 heteroatoms. The number of allylic oxidation sites excluding steroid dienone is 1. The zero-order valence-electron chi connectivity index (χ0n) is 16.2. The highest BCUT2D eigenvalue weighted by atomic mass is 35.5. The third-order valence-corrected chi connectivity index (χ3v) is 5.09. The lowest BCUT2D eigenvalue weighted by Gasteiger charge is -2.22. The Balaban J connectivity index is 1.97. The van der Waals surface area contributed by atoms with Gasteiger partial charge in [0.2, 0.25) is 5.91 Å². The molecular weight excluding hydrogens is 382 g/mol. The van der Waals surface area contributed by atoms with Gasteiger partial charge in [-0.2, -0.15) is 0 Å². The van der Waals surface area contributed by atoms with Gasteiger partial charge in [-0.1, -0.05) is 37.1 Å². The first kappa shape index (κ1) is 21.9. The third-order valence-electron chi connectivity index (χ3n) is 4.77. The number of nitrogens with zero attached hydrogens (tertiary/aromatic N) is 1. The van der Waals surface area contributed by atoms with Crippen molar-refractivity contribution in [2.75, 3.05) is 6.54 Å². The van der Waals surface area contributed by atoms with Gasteiger partial charge in [-0.25, -0.2) is 0 Å². The second kappa shape index (κ2) is 10.2. The largest absolute Gasteiger partial charge is 0.354 e. The number of hydrogen-bond donors (Lipinski definition) is 2. The standard InChI is InChI=1S/C20H26ClN3O4/c1-13(2)18(20(26)22-11-10-14-6-4-3-5-7-14)23-19(25)16-9-8-15(24(27)28)12-17(16)21/h6,8-9,12-13,18H,3-5,7,10-11H2,1-2H3,(H,22,26)(H,23,25). The molecule has 2 N–H and O–H groups in total. The van der Waals surface area contributed by atoms with Gasteiger partial charge in [-0.05, 0) is 44.1 Å². The summed E-state index contributed by atoms with van der Waals surface area (Å²) in [5.41, 5.74) is 1.27. The van der Waals surface area contributed by atoms with Gasteiger partial charge in [0.15, 0.2) is 0 Å². The first-order valence-corrected chi connectivity index (χ1v) is 9.87. The molecule has 1 aromatic carbocycles. The van der Waals surface area contributed by atoms with Crippen molar-refractivity contribution in [2.45, 2.75) is 52.0 Å². The van der Waals surface area contributed by atoms with Crippen LogP contribution in [-0.4, -0.2) is 29.3 Å². The molecule has 0 heterocycles. The van der Waals surface area contributed by atoms with E-state index in [1.807, 2.05) is 13.8 Å². The summed E-state index contributed by atoms with van der Waals surface area (Å²) in [7, 11) is 0. The fourth-order valence-electron chi connectivity index (χ4n) is 3.14. The Hall–Kier alpha value is -2.41. The third kappa shape index (κ3) is 6.05. The zero-order chi connectivity index (χ0) is 20.7. The minimum atomic E-state index is -0.723. The van der Waals surface area contributed by atoms with E-state index < -0.39 is 16.9 Å². The molecule has 2 rings (SSSR count). The van der Waals surface area contributed by atoms with Crippen LogP contribution in [0.2, 0.25) is 5.02 Å². The van der Waals surface area contributed by atoms with Gasteiger partial charge in [0.05, 0.1) is 15.5 Å². The van der Waals surface area contributed by atoms with Crippen LogP contribution in [0.5, 0.6) is 0 Å². The van der Waals surface area contributed by atoms with E-state index in [2.05, 4.69) is 16.7 Å². The maximum Gasteiger partial charge on any atom is 0.270 e. The SMILES string of the molecule is CC(C)C(NC(=O)c1ccc([N+](=O)[O-])cc1Cl)C(=O)NCCC1=CCCCC1. The van der Waals surface area contributed by atoms with Gasteiger partial charge >= 0.3 is 0 Å². The van der Waals surface area contributed by atoms with Crippen LogP contribution in [0.4, 0.5) is 5.69 Å². The molecule has 0 aliphatic heterocycles. The van der Waals surface area contributed by atoms with Crippen molar-refractivity contribution in [3.05, 3.63) is 50.5 Å². The lowest BCUT2D eigenvalue weighted by Crippen LogP contribution is -2.50. The van der Waals surface area contributed by atoms with Gasteiger partial charge in [-0.15, -0.1) is 0 Å². The van der Waals surface area contributed by atoms with Crippen molar-refractivity contribution in [1.82, 2.24) is 10.6 Å². The molecule has 1 aromatic rings. The zero-order valence-corrected chi connectivity index (χ0v) is 16.9. The normalized spacial score (nSPS) is 14.9. The minimum absolute atomic E-state index is 0.0288. The topological polar surface area (TPSA) is 101 Å². The van der Waals surface area contributed by atoms with Crippen LogP contribution in [0.3, 0.4) is 0 Å². The molecule has 0 fully saturated rings. The van der Waals surface area contributed by atoms with E-state index >= 15 is 0 Å². The molecule has 152 valence electrons. The smallest absolute Gasteiger partial charge is 0.270 e. The van der Waals surface area contributed by atoms with Crippen LogP contribution in [-0.2, 0) is 4.79 Å². The first-order valence-electron chi connectivity index (χ1n) is 9.50. The van der Waals surface area contributed by atoms with Crippen molar-refractivity contribution in [2.24, 2.45) is 5.92 Å². The Labute approximate surface area is 169 Å². The number of nitrogens with one attached hydrogen (secondary N) is 2. The van der Waals surface area contributed by atoms with Gasteiger partial charge in [0, 0.05) is 18.7 Å². The van der Waals surface area contributed by atoms with E-state index in [0.29, 0.717) is 6.54 Å². The molecule has 1 aliphatic rings. The van der Waals surface area contributed by atoms with E-state index in [0.717, 1.165) is 25.3 Å². The van der Waals surface area contributed by atoms with Crippen LogP contribution in [0.15, 0.2) is 29.8 Å². The Bertz CT molecular complexity index is 777. The summed E-state index contributed by atoms with van der Waals surface area (Å²) in [5, 5.41) is 16.3. The number of nitro groups is 1. The van der Waals surface area contributed by atoms with Crippen molar-refractivity contribution in [1.29, 1.82) is 0 Å². The molecule has 0 spiro atoms. The average Bonchev–Trinajstić information content (AvgIpc) is 2.66. The molecule has 1 atom stereocenters. The van der Waals surface area contributed by atoms with Crippen LogP contribution in [0, 0.1) is 16.0 Å². The van der Waals surface area contributed by atoms with E-state index in [9.17, 15) is 19.7 Å². The number of carbonyl (C=O) groups excluding carboxylic acids is 2. The summed E-state index contributed by atoms with van der Waals surface area (Å²) >= 11 is 6.01. The summed E-state index contributed by atoms with van der Waals surface area (Å²) in [5.74, 6) is -0.920. The first-order chi connectivity index (χ1) is 13.3. The van der Waals surface area contributed by atoms with Crippen LogP contribution < -0.4 is 10.6 Å². The predicted octanol–water partition coefficient (Wildman–Crippen LogP) is 4.01. The molecule has 28 heavy (non-hydrogen) atoms. The molecule has 0 saturated carbocycles. The molecule has 1 unspecified atom stereocenters. The maximum atomic E-state index is 12.6. The molecule has 1 aliphatic carbocycles. The van der Waals surface area contributed by atoms with Crippen LogP contribution >= 0.6 is 11.6 Å². The highest BCUT2D eigenvalue weighted by Gasteiger charge is 2.25. The lowest BCUT2D eigenvalue weighted by molar-refractivity contribution is -0.384. The summed E-state index contributed by atoms with van der Waals surface area (Å²) < 4.78 is 0. The summed E-state index contributed by atoms with van der Waals surface area (Å²) in [6.07, 6.45) is 7.67. The Morgan fingerprint density at radius 3 is 2.61 bits per heavy atom. The molecule has 2 amide bonds. The van der Waals surface area contributed by atoms with E-state index in [4.69, 9.17) is 11.6 Å². The number of non-ortho nitro benzene ring substituents is 1. The van der Waals surface area contributed by atoms with Crippen molar-refractivity contribution >= 4 is 29.1 Å². The number of benzene rings is 1. The summed E-state index contributed by atoms with van der Waals surface area (Å²) in [6, 6.07) is 2.90. The highest BCUT2D eigenvalue weighted by Crippen LogP contribution is 2.23. The number of carbonyl (C=O) groups is 2. The number of amides is 2. The Kier molecular flexibility index (Phi) is 7.99. The van der Waals surface area contributed by atoms with E-state index in [1.54, 1.807) is 0 Å². The average molecular weight is 408 g/mol. The molecule has 0 bridgehead atoms. The molecular formula is C20H26ClN3O4. The Morgan fingerprint density at radius 2 is 2.04 bits per heavy atom. The van der Waals surface area contributed by atoms with E-state index in [1.165, 1.54) is 30.5 Å². The fraction of sp³-hybridized carbons (Fsp3) is 0.500. The second-order valence-corrected chi connectivity index (χ2v) is 7.67. The molecule has 0 radical (unpaired) electrons. The van der Waals surface area contributed by atoms with Gasteiger partial charge in [0.25, 0.3) is 11.6 Å². The highest BCUT2D eigenvalue weighted by molar-refractivity contribution is 6.34. The summed E-state index contributed by atoms with van der Waals surface area (Å²) in [6.45, 7) is 4.21. The number of rotatable bonds is 8. The van der Waals surface area contributed by atoms with Crippen LogP contribution in [0.25, 0.3) is 0 Å². The van der Waals surface area contributed by atoms with Crippen molar-refractivity contribution < 1.29 is 14.5 Å². The quantitative estimate of drug-likeness (QED) is 0.386. The molecule has 7 nitrogen and oxygen atoms in total. The summed E-state index contributed by atoms with van der Waals surface area (Å²) in [4.78, 5) is 35.3. The molecule has 0 saturated heterocycles. The van der Waals surface area contributed by atoms with Gasteiger partial charge in [-0.3, -0.25) is 19.7 Å². The fourth-order valence-corrected chi connectivity index (χ4v) is 3.40. The van der Waals surface area contributed by atoms with E-state index in [-0.39, 0.29) is 28.1 Å². The van der Waals surface area contributed by atoms with Crippen LogP contribution in [0.1, 0.15) is 56.3 Å². The maximum absolute atomic E-state index is 12.6. The van der Waals surface area contributed by atoms with Crippen molar-refractivity contribution in [3.8, 4) is 0 Å². The van der Waals surface area contributed by atoms with Gasteiger partial charge in [0.1, 0.15) is 6.04 Å². The Morgan fingerprint density at radius 1 is 1.29 bits per heavy atom. The van der Waals surface area contributed by atoms with Crippen molar-refractivity contribution in [3.63, 3.8) is 0 Å². The molecule has 0 aromatic heterocycles. The predicted molar refractivity (Wildman–Crippen MR) is 108 cm³/mol.